The van der Waals surface area contributed by atoms with Gasteiger partial charge in [-0.2, -0.15) is 0 Å². The Kier molecular flexibility index (Phi) is 4.90. The minimum Gasteiger partial charge on any atom is -0.439 e. The number of hydrogen-bond acceptors (Lipinski definition) is 5. The fourth-order valence-electron chi connectivity index (χ4n) is 1.73. The smallest absolute Gasteiger partial charge is 0.227 e. The first-order valence-electron chi connectivity index (χ1n) is 6.67. The Morgan fingerprint density at radius 3 is 2.60 bits per heavy atom. The van der Waals surface area contributed by atoms with Crippen molar-refractivity contribution in [3.05, 3.63) is 41.7 Å². The van der Waals surface area contributed by atoms with Crippen LogP contribution in [0.25, 0.3) is 0 Å². The molecule has 0 aliphatic heterocycles. The van der Waals surface area contributed by atoms with Gasteiger partial charge in [-0.1, -0.05) is 19.1 Å². The van der Waals surface area contributed by atoms with Crippen LogP contribution in [0.15, 0.2) is 30.6 Å². The number of aliphatic hydroxyl groups is 1. The molecule has 0 radical (unpaired) electrons. The summed E-state index contributed by atoms with van der Waals surface area (Å²) < 4.78 is 5.76. The van der Waals surface area contributed by atoms with Gasteiger partial charge in [-0.25, -0.2) is 9.97 Å². The number of nitrogens with one attached hydrogen (secondary N) is 1. The summed E-state index contributed by atoms with van der Waals surface area (Å²) in [4.78, 5) is 8.37. The minimum absolute atomic E-state index is 0.0257. The molecule has 0 amide bonds. The largest absolute Gasteiger partial charge is 0.439 e. The van der Waals surface area contributed by atoms with E-state index in [9.17, 15) is 0 Å². The summed E-state index contributed by atoms with van der Waals surface area (Å²) in [7, 11) is 0. The molecular formula is C15H19N3O2. The Morgan fingerprint density at radius 1 is 1.20 bits per heavy atom. The van der Waals surface area contributed by atoms with Gasteiger partial charge in [0.25, 0.3) is 0 Å². The predicted molar refractivity (Wildman–Crippen MR) is 78.0 cm³/mol. The maximum Gasteiger partial charge on any atom is 0.227 e. The van der Waals surface area contributed by atoms with Gasteiger partial charge in [0.15, 0.2) is 0 Å². The SMILES string of the molecule is CCCNc1ncnc(Oc2ccc(CO)cc2)c1C. The number of hydrogen-bond donors (Lipinski definition) is 2. The summed E-state index contributed by atoms with van der Waals surface area (Å²) in [6.45, 7) is 4.92. The molecule has 0 atom stereocenters. The Hall–Kier alpha value is -2.14. The Bertz CT molecular complexity index is 556. The van der Waals surface area contributed by atoms with Crippen LogP contribution in [0, 0.1) is 6.92 Å². The standard InChI is InChI=1S/C15H19N3O2/c1-3-8-16-14-11(2)15(18-10-17-14)20-13-6-4-12(9-19)5-7-13/h4-7,10,19H,3,8-9H2,1-2H3,(H,16,17,18). The molecule has 1 heterocycles. The van der Waals surface area contributed by atoms with E-state index in [1.54, 1.807) is 0 Å². The molecule has 5 heteroatoms. The van der Waals surface area contributed by atoms with Crippen molar-refractivity contribution in [3.8, 4) is 11.6 Å². The van der Waals surface area contributed by atoms with Gasteiger partial charge in [0.05, 0.1) is 12.2 Å². The van der Waals surface area contributed by atoms with Crippen LogP contribution in [0.5, 0.6) is 11.6 Å². The lowest BCUT2D eigenvalue weighted by Gasteiger charge is -2.11. The Balaban J connectivity index is 2.15. The first-order chi connectivity index (χ1) is 9.74. The van der Waals surface area contributed by atoms with E-state index in [4.69, 9.17) is 9.84 Å². The molecule has 20 heavy (non-hydrogen) atoms. The summed E-state index contributed by atoms with van der Waals surface area (Å²) in [6.07, 6.45) is 2.52. The van der Waals surface area contributed by atoms with Crippen LogP contribution in [0.1, 0.15) is 24.5 Å². The van der Waals surface area contributed by atoms with Crippen molar-refractivity contribution in [3.63, 3.8) is 0 Å². The van der Waals surface area contributed by atoms with Crippen molar-refractivity contribution < 1.29 is 9.84 Å². The number of aliphatic hydroxyl groups excluding tert-OH is 1. The highest BCUT2D eigenvalue weighted by atomic mass is 16.5. The molecule has 1 aromatic carbocycles. The van der Waals surface area contributed by atoms with Gasteiger partial charge in [-0.05, 0) is 31.0 Å². The van der Waals surface area contributed by atoms with Gasteiger partial charge in [-0.15, -0.1) is 0 Å². The second-order valence-electron chi connectivity index (χ2n) is 4.48. The molecular weight excluding hydrogens is 254 g/mol. The normalized spacial score (nSPS) is 10.3. The van der Waals surface area contributed by atoms with Crippen LogP contribution in [0.3, 0.4) is 0 Å². The van der Waals surface area contributed by atoms with Crippen LogP contribution in [0.4, 0.5) is 5.82 Å². The summed E-state index contributed by atoms with van der Waals surface area (Å²) in [5.74, 6) is 2.02. The number of nitrogens with zero attached hydrogens (tertiary/aromatic N) is 2. The highest BCUT2D eigenvalue weighted by Gasteiger charge is 2.08. The summed E-state index contributed by atoms with van der Waals surface area (Å²) in [6, 6.07) is 7.27. The van der Waals surface area contributed by atoms with Gasteiger partial charge >= 0.3 is 0 Å². The predicted octanol–water partition coefficient (Wildman–Crippen LogP) is 2.89. The number of anilines is 1. The average Bonchev–Trinajstić information content (AvgIpc) is 2.49. The van der Waals surface area contributed by atoms with E-state index in [0.717, 1.165) is 29.9 Å². The quantitative estimate of drug-likeness (QED) is 0.847. The van der Waals surface area contributed by atoms with E-state index in [2.05, 4.69) is 22.2 Å². The molecule has 0 unspecified atom stereocenters. The van der Waals surface area contributed by atoms with Crippen LogP contribution >= 0.6 is 0 Å². The molecule has 0 saturated heterocycles. The van der Waals surface area contributed by atoms with E-state index < -0.39 is 0 Å². The monoisotopic (exact) mass is 273 g/mol. The second kappa shape index (κ2) is 6.86. The molecule has 0 aliphatic carbocycles. The maximum absolute atomic E-state index is 9.01. The fraction of sp³-hybridized carbons (Fsp3) is 0.333. The van der Waals surface area contributed by atoms with Gasteiger partial charge < -0.3 is 15.2 Å². The van der Waals surface area contributed by atoms with Crippen LogP contribution < -0.4 is 10.1 Å². The number of benzene rings is 1. The number of rotatable bonds is 6. The van der Waals surface area contributed by atoms with Crippen molar-refractivity contribution >= 4 is 5.82 Å². The van der Waals surface area contributed by atoms with Crippen molar-refractivity contribution in [2.24, 2.45) is 0 Å². The zero-order valence-electron chi connectivity index (χ0n) is 11.8. The van der Waals surface area contributed by atoms with Crippen LogP contribution in [-0.4, -0.2) is 21.6 Å². The molecule has 0 spiro atoms. The fourth-order valence-corrected chi connectivity index (χ4v) is 1.73. The van der Waals surface area contributed by atoms with Crippen molar-refractivity contribution in [2.75, 3.05) is 11.9 Å². The minimum atomic E-state index is 0.0257. The molecule has 2 aromatic rings. The Morgan fingerprint density at radius 2 is 1.95 bits per heavy atom. The highest BCUT2D eigenvalue weighted by Crippen LogP contribution is 2.26. The Labute approximate surface area is 118 Å². The zero-order valence-corrected chi connectivity index (χ0v) is 11.8. The summed E-state index contributed by atoms with van der Waals surface area (Å²) in [5, 5.41) is 12.3. The highest BCUT2D eigenvalue weighted by molar-refractivity contribution is 5.48. The summed E-state index contributed by atoms with van der Waals surface area (Å²) >= 11 is 0. The van der Waals surface area contributed by atoms with Gasteiger partial charge in [0, 0.05) is 6.54 Å². The molecule has 1 aromatic heterocycles. The lowest BCUT2D eigenvalue weighted by atomic mass is 10.2. The van der Waals surface area contributed by atoms with Crippen LogP contribution in [-0.2, 0) is 6.61 Å². The third-order valence-electron chi connectivity index (χ3n) is 2.90. The van der Waals surface area contributed by atoms with Crippen LogP contribution in [0.2, 0.25) is 0 Å². The maximum atomic E-state index is 9.01. The molecule has 5 nitrogen and oxygen atoms in total. The van der Waals surface area contributed by atoms with Gasteiger partial charge in [-0.3, -0.25) is 0 Å². The molecule has 106 valence electrons. The zero-order chi connectivity index (χ0) is 14.4. The molecule has 0 fully saturated rings. The topological polar surface area (TPSA) is 67.3 Å². The molecule has 0 aliphatic rings. The van der Waals surface area contributed by atoms with E-state index in [0.29, 0.717) is 11.6 Å². The van der Waals surface area contributed by atoms with Crippen molar-refractivity contribution in [1.29, 1.82) is 0 Å². The third-order valence-corrected chi connectivity index (χ3v) is 2.90. The second-order valence-corrected chi connectivity index (χ2v) is 4.48. The van der Waals surface area contributed by atoms with E-state index in [1.165, 1.54) is 6.33 Å². The molecule has 2 rings (SSSR count). The van der Waals surface area contributed by atoms with Crippen molar-refractivity contribution in [2.45, 2.75) is 26.9 Å². The van der Waals surface area contributed by atoms with Crippen molar-refractivity contribution in [1.82, 2.24) is 9.97 Å². The molecule has 0 saturated carbocycles. The lowest BCUT2D eigenvalue weighted by molar-refractivity contribution is 0.281. The third kappa shape index (κ3) is 3.45. The van der Waals surface area contributed by atoms with E-state index in [-0.39, 0.29) is 6.61 Å². The molecule has 0 bridgehead atoms. The first-order valence-corrected chi connectivity index (χ1v) is 6.67. The molecule has 2 N–H and O–H groups in total. The first kappa shape index (κ1) is 14.3. The summed E-state index contributed by atoms with van der Waals surface area (Å²) in [5.41, 5.74) is 1.73. The van der Waals surface area contributed by atoms with Gasteiger partial charge in [0.1, 0.15) is 17.9 Å². The van der Waals surface area contributed by atoms with E-state index >= 15 is 0 Å². The van der Waals surface area contributed by atoms with E-state index in [1.807, 2.05) is 31.2 Å². The number of ether oxygens (including phenoxy) is 1. The lowest BCUT2D eigenvalue weighted by Crippen LogP contribution is -2.05. The number of aromatic nitrogens is 2. The van der Waals surface area contributed by atoms with Gasteiger partial charge in [0.2, 0.25) is 5.88 Å². The average molecular weight is 273 g/mol.